The summed E-state index contributed by atoms with van der Waals surface area (Å²) < 4.78 is 77.8. The molecule has 0 aliphatic rings. The number of nitrogens with one attached hydrogen (secondary N) is 1. The molecule has 2 aromatic rings. The highest BCUT2D eigenvalue weighted by molar-refractivity contribution is 9.10. The Morgan fingerprint density at radius 2 is 1.62 bits per heavy atom. The fraction of sp³-hybridized carbons (Fsp3) is 0.235. The molecular weight excluding hydrogens is 474 g/mol. The number of carbonyl (C=O) groups is 2. The fourth-order valence-corrected chi connectivity index (χ4v) is 2.73. The smallest absolute Gasteiger partial charge is 0.416 e. The van der Waals surface area contributed by atoms with Gasteiger partial charge < -0.3 is 10.4 Å². The number of carbonyl (C=O) groups excluding carboxylic acids is 1. The Balaban J connectivity index is 2.36. The Morgan fingerprint density at radius 3 is 2.07 bits per heavy atom. The van der Waals surface area contributed by atoms with Crippen LogP contribution in [-0.2, 0) is 23.6 Å². The zero-order valence-corrected chi connectivity index (χ0v) is 15.7. The lowest BCUT2D eigenvalue weighted by Crippen LogP contribution is -2.42. The van der Waals surface area contributed by atoms with Crippen LogP contribution in [0, 0.1) is 0 Å². The van der Waals surface area contributed by atoms with Crippen molar-refractivity contribution in [2.75, 3.05) is 0 Å². The van der Waals surface area contributed by atoms with E-state index in [9.17, 15) is 41.0 Å². The minimum Gasteiger partial charge on any atom is -0.480 e. The number of carboxylic acid groups (broad SMARTS) is 1. The van der Waals surface area contributed by atoms with Crippen LogP contribution in [-0.4, -0.2) is 28.0 Å². The van der Waals surface area contributed by atoms with E-state index in [1.54, 1.807) is 0 Å². The van der Waals surface area contributed by atoms with Crippen molar-refractivity contribution in [3.05, 3.63) is 63.4 Å². The summed E-state index contributed by atoms with van der Waals surface area (Å²) >= 11 is 3.08. The highest BCUT2D eigenvalue weighted by Gasteiger charge is 2.37. The lowest BCUT2D eigenvalue weighted by molar-refractivity contribution is -0.143. The molecule has 1 amide bonds. The summed E-state index contributed by atoms with van der Waals surface area (Å²) in [5.41, 5.74) is -3.97. The third kappa shape index (κ3) is 5.92. The van der Waals surface area contributed by atoms with Crippen LogP contribution in [0.4, 0.5) is 26.3 Å². The summed E-state index contributed by atoms with van der Waals surface area (Å²) in [4.78, 5) is 27.5. The van der Waals surface area contributed by atoms with Crippen molar-refractivity contribution in [1.29, 1.82) is 0 Å². The van der Waals surface area contributed by atoms with Gasteiger partial charge in [0.25, 0.3) is 5.91 Å². The molecule has 0 aliphatic carbocycles. The molecule has 0 saturated heterocycles. The summed E-state index contributed by atoms with van der Waals surface area (Å²) in [5.74, 6) is -2.92. The summed E-state index contributed by atoms with van der Waals surface area (Å²) in [6, 6.07) is 1.69. The van der Waals surface area contributed by atoms with Crippen LogP contribution in [0.25, 0.3) is 0 Å². The van der Waals surface area contributed by atoms with Gasteiger partial charge >= 0.3 is 18.3 Å². The number of pyridine rings is 1. The van der Waals surface area contributed by atoms with E-state index in [1.807, 2.05) is 5.32 Å². The summed E-state index contributed by atoms with van der Waals surface area (Å²) in [7, 11) is 0. The standard InChI is InChI=1S/C17H11BrF6N2O3/c18-13-8(2-1-3-25-13)6-12(15(28)29)26-14(27)9-4-10(16(19,20)21)7-11(5-9)17(22,23)24/h1-5,7,12H,6H2,(H,26,27)(H,28,29)/t12-/m1/s1. The van der Waals surface area contributed by atoms with E-state index in [1.165, 1.54) is 18.3 Å². The molecule has 0 saturated carbocycles. The molecule has 0 fully saturated rings. The molecule has 156 valence electrons. The first-order valence-electron chi connectivity index (χ1n) is 7.71. The van der Waals surface area contributed by atoms with Gasteiger partial charge in [-0.1, -0.05) is 6.07 Å². The highest BCUT2D eigenvalue weighted by Crippen LogP contribution is 2.36. The van der Waals surface area contributed by atoms with Crippen LogP contribution in [0.2, 0.25) is 0 Å². The highest BCUT2D eigenvalue weighted by atomic mass is 79.9. The molecule has 0 aliphatic heterocycles. The van der Waals surface area contributed by atoms with Crippen molar-refractivity contribution < 1.29 is 41.0 Å². The summed E-state index contributed by atoms with van der Waals surface area (Å²) in [6.45, 7) is 0. The zero-order valence-electron chi connectivity index (χ0n) is 14.1. The predicted molar refractivity (Wildman–Crippen MR) is 91.0 cm³/mol. The van der Waals surface area contributed by atoms with Gasteiger partial charge in [-0.3, -0.25) is 4.79 Å². The van der Waals surface area contributed by atoms with Gasteiger partial charge in [0.1, 0.15) is 10.6 Å². The van der Waals surface area contributed by atoms with Crippen molar-refractivity contribution in [1.82, 2.24) is 10.3 Å². The van der Waals surface area contributed by atoms with E-state index in [2.05, 4.69) is 20.9 Å². The second-order valence-electron chi connectivity index (χ2n) is 5.82. The van der Waals surface area contributed by atoms with Crippen LogP contribution < -0.4 is 5.32 Å². The number of carboxylic acids is 1. The van der Waals surface area contributed by atoms with E-state index < -0.39 is 47.0 Å². The van der Waals surface area contributed by atoms with E-state index in [-0.39, 0.29) is 29.2 Å². The molecule has 1 aromatic carbocycles. The Labute approximate surface area is 167 Å². The molecule has 2 rings (SSSR count). The monoisotopic (exact) mass is 484 g/mol. The van der Waals surface area contributed by atoms with Gasteiger partial charge in [-0.25, -0.2) is 9.78 Å². The number of alkyl halides is 6. The zero-order chi connectivity index (χ0) is 22.0. The van der Waals surface area contributed by atoms with Crippen molar-refractivity contribution >= 4 is 27.8 Å². The average molecular weight is 485 g/mol. The topological polar surface area (TPSA) is 79.3 Å². The largest absolute Gasteiger partial charge is 0.480 e. The molecule has 0 spiro atoms. The molecule has 29 heavy (non-hydrogen) atoms. The number of aromatic nitrogens is 1. The Kier molecular flexibility index (Phi) is 6.56. The van der Waals surface area contributed by atoms with E-state index in [0.29, 0.717) is 5.56 Å². The molecule has 5 nitrogen and oxygen atoms in total. The number of aliphatic carboxylic acids is 1. The number of hydrogen-bond acceptors (Lipinski definition) is 3. The van der Waals surface area contributed by atoms with E-state index >= 15 is 0 Å². The Morgan fingerprint density at radius 1 is 1.07 bits per heavy atom. The van der Waals surface area contributed by atoms with Gasteiger partial charge in [0.2, 0.25) is 0 Å². The maximum absolute atomic E-state index is 12.9. The first-order valence-corrected chi connectivity index (χ1v) is 8.51. The van der Waals surface area contributed by atoms with Crippen LogP contribution in [0.1, 0.15) is 27.0 Å². The van der Waals surface area contributed by atoms with Crippen LogP contribution in [0.15, 0.2) is 41.1 Å². The third-order valence-electron chi connectivity index (χ3n) is 3.71. The van der Waals surface area contributed by atoms with Gasteiger partial charge in [-0.2, -0.15) is 26.3 Å². The SMILES string of the molecule is O=C(N[C@H](Cc1cccnc1Br)C(=O)O)c1cc(C(F)(F)F)cc(C(F)(F)F)c1. The number of halogens is 7. The number of benzene rings is 1. The summed E-state index contributed by atoms with van der Waals surface area (Å²) in [5, 5.41) is 11.2. The maximum atomic E-state index is 12.9. The quantitative estimate of drug-likeness (QED) is 0.489. The molecule has 0 unspecified atom stereocenters. The molecule has 12 heteroatoms. The number of nitrogens with zero attached hydrogens (tertiary/aromatic N) is 1. The third-order valence-corrected chi connectivity index (χ3v) is 4.43. The second-order valence-corrected chi connectivity index (χ2v) is 6.57. The molecule has 0 radical (unpaired) electrons. The van der Waals surface area contributed by atoms with Gasteiger partial charge in [0, 0.05) is 18.2 Å². The molecule has 0 bridgehead atoms. The summed E-state index contributed by atoms with van der Waals surface area (Å²) in [6.07, 6.45) is -9.17. The predicted octanol–water partition coefficient (Wildman–Crippen LogP) is 4.31. The Bertz CT molecular complexity index is 898. The van der Waals surface area contributed by atoms with Gasteiger partial charge in [0.15, 0.2) is 0 Å². The molecule has 1 aromatic heterocycles. The number of amides is 1. The molecular formula is C17H11BrF6N2O3. The van der Waals surface area contributed by atoms with E-state index in [4.69, 9.17) is 0 Å². The van der Waals surface area contributed by atoms with Crippen molar-refractivity contribution in [2.45, 2.75) is 24.8 Å². The first-order chi connectivity index (χ1) is 13.3. The molecule has 1 atom stereocenters. The van der Waals surface area contributed by atoms with E-state index in [0.717, 1.165) is 0 Å². The number of rotatable bonds is 5. The first kappa shape index (κ1) is 22.7. The maximum Gasteiger partial charge on any atom is 0.416 e. The Hall–Kier alpha value is -2.63. The van der Waals surface area contributed by atoms with Crippen LogP contribution in [0.5, 0.6) is 0 Å². The van der Waals surface area contributed by atoms with Gasteiger partial charge in [-0.05, 0) is 45.8 Å². The van der Waals surface area contributed by atoms with Crippen LogP contribution >= 0.6 is 15.9 Å². The number of hydrogen-bond donors (Lipinski definition) is 2. The molecule has 2 N–H and O–H groups in total. The van der Waals surface area contributed by atoms with Crippen molar-refractivity contribution in [3.63, 3.8) is 0 Å². The minimum atomic E-state index is -5.14. The lowest BCUT2D eigenvalue weighted by Gasteiger charge is -2.17. The van der Waals surface area contributed by atoms with Crippen molar-refractivity contribution in [2.24, 2.45) is 0 Å². The van der Waals surface area contributed by atoms with Gasteiger partial charge in [0.05, 0.1) is 11.1 Å². The van der Waals surface area contributed by atoms with Crippen LogP contribution in [0.3, 0.4) is 0 Å². The minimum absolute atomic E-state index is 0.127. The van der Waals surface area contributed by atoms with Gasteiger partial charge in [-0.15, -0.1) is 0 Å². The average Bonchev–Trinajstić information content (AvgIpc) is 2.60. The second kappa shape index (κ2) is 8.39. The lowest BCUT2D eigenvalue weighted by atomic mass is 10.0. The fourth-order valence-electron chi connectivity index (χ4n) is 2.32. The van der Waals surface area contributed by atoms with Crippen molar-refractivity contribution in [3.8, 4) is 0 Å². The molecule has 1 heterocycles. The normalized spacial score (nSPS) is 13.1.